The summed E-state index contributed by atoms with van der Waals surface area (Å²) in [5.74, 6) is -1.61. The van der Waals surface area contributed by atoms with Crippen molar-refractivity contribution in [3.05, 3.63) is 59.2 Å². The fraction of sp³-hybridized carbons (Fsp3) is 0.250. The van der Waals surface area contributed by atoms with E-state index in [1.807, 2.05) is 0 Å². The number of nitrogens with zero attached hydrogens (tertiary/aromatic N) is 4. The molecule has 4 rings (SSSR count). The van der Waals surface area contributed by atoms with E-state index in [0.717, 1.165) is 41.9 Å². The molecule has 2 heterocycles. The molecule has 25 heavy (non-hydrogen) atoms. The van der Waals surface area contributed by atoms with Crippen molar-refractivity contribution in [2.24, 2.45) is 0 Å². The van der Waals surface area contributed by atoms with Crippen LogP contribution < -0.4 is 5.32 Å². The fourth-order valence-electron chi connectivity index (χ4n) is 3.06. The lowest BCUT2D eigenvalue weighted by molar-refractivity contribution is 0.0928. The van der Waals surface area contributed by atoms with Gasteiger partial charge in [-0.15, -0.1) is 0 Å². The summed E-state index contributed by atoms with van der Waals surface area (Å²) in [5.41, 5.74) is 2.12. The molecular weight excluding hydrogens is 348 g/mol. The van der Waals surface area contributed by atoms with E-state index in [0.29, 0.717) is 6.42 Å². The molecule has 1 atom stereocenters. The summed E-state index contributed by atoms with van der Waals surface area (Å²) in [6, 6.07) is 3.17. The molecule has 0 fully saturated rings. The first kappa shape index (κ1) is 15.8. The maximum Gasteiger partial charge on any atom is 0.273 e. The van der Waals surface area contributed by atoms with Crippen LogP contribution in [0.2, 0.25) is 0 Å². The number of aromatic nitrogens is 4. The number of nitrogens with one attached hydrogen (secondary N) is 1. The lowest BCUT2D eigenvalue weighted by atomic mass is 9.92. The Balaban J connectivity index is 1.65. The molecule has 9 heteroatoms. The molecule has 2 aromatic heterocycles. The summed E-state index contributed by atoms with van der Waals surface area (Å²) >= 11 is 0.970. The molecule has 0 saturated heterocycles. The zero-order valence-corrected chi connectivity index (χ0v) is 13.8. The summed E-state index contributed by atoms with van der Waals surface area (Å²) < 4.78 is 36.5. The van der Waals surface area contributed by atoms with E-state index in [1.165, 1.54) is 23.0 Å². The molecule has 0 saturated carbocycles. The predicted octanol–water partition coefficient (Wildman–Crippen LogP) is 2.81. The van der Waals surface area contributed by atoms with Crippen molar-refractivity contribution in [3.63, 3.8) is 0 Å². The molecule has 6 nitrogen and oxygen atoms in total. The van der Waals surface area contributed by atoms with E-state index in [9.17, 15) is 13.6 Å². The lowest BCUT2D eigenvalue weighted by Gasteiger charge is -2.24. The average molecular weight is 361 g/mol. The molecule has 1 N–H and O–H groups in total. The monoisotopic (exact) mass is 361 g/mol. The Morgan fingerprint density at radius 3 is 2.96 bits per heavy atom. The first-order chi connectivity index (χ1) is 12.1. The molecule has 0 radical (unpaired) electrons. The van der Waals surface area contributed by atoms with Crippen molar-refractivity contribution in [2.75, 3.05) is 0 Å². The Labute approximate surface area is 145 Å². The van der Waals surface area contributed by atoms with Crippen LogP contribution in [0.3, 0.4) is 0 Å². The summed E-state index contributed by atoms with van der Waals surface area (Å²) in [7, 11) is 0. The normalized spacial score (nSPS) is 16.5. The number of rotatable bonds is 3. The van der Waals surface area contributed by atoms with Crippen molar-refractivity contribution in [3.8, 4) is 5.69 Å². The van der Waals surface area contributed by atoms with Gasteiger partial charge in [-0.2, -0.15) is 13.8 Å². The second kappa shape index (κ2) is 6.32. The number of halogens is 2. The van der Waals surface area contributed by atoms with Crippen LogP contribution >= 0.6 is 11.7 Å². The Morgan fingerprint density at radius 1 is 1.32 bits per heavy atom. The largest absolute Gasteiger partial charge is 0.344 e. The highest BCUT2D eigenvalue weighted by Gasteiger charge is 2.27. The van der Waals surface area contributed by atoms with Crippen LogP contribution in [-0.4, -0.2) is 24.4 Å². The van der Waals surface area contributed by atoms with Crippen LogP contribution in [0.5, 0.6) is 0 Å². The number of carbonyl (C=O) groups is 1. The van der Waals surface area contributed by atoms with Crippen molar-refractivity contribution in [1.29, 1.82) is 0 Å². The van der Waals surface area contributed by atoms with Crippen LogP contribution in [0.1, 0.15) is 40.6 Å². The van der Waals surface area contributed by atoms with Crippen molar-refractivity contribution in [1.82, 2.24) is 23.8 Å². The van der Waals surface area contributed by atoms with Gasteiger partial charge in [0.05, 0.1) is 30.2 Å². The van der Waals surface area contributed by atoms with E-state index in [4.69, 9.17) is 0 Å². The van der Waals surface area contributed by atoms with Crippen molar-refractivity contribution >= 4 is 17.6 Å². The number of fused-ring (bicyclic) bond motifs is 1. The summed E-state index contributed by atoms with van der Waals surface area (Å²) in [6.07, 6.45) is 5.33. The molecule has 1 amide bonds. The number of amides is 1. The maximum atomic E-state index is 14.1. The fourth-order valence-corrected chi connectivity index (χ4v) is 3.48. The Bertz CT molecular complexity index is 925. The van der Waals surface area contributed by atoms with Crippen LogP contribution in [0.15, 0.2) is 30.6 Å². The Morgan fingerprint density at radius 2 is 2.20 bits per heavy atom. The smallest absolute Gasteiger partial charge is 0.273 e. The third kappa shape index (κ3) is 2.91. The van der Waals surface area contributed by atoms with Gasteiger partial charge < -0.3 is 5.32 Å². The maximum absolute atomic E-state index is 14.1. The summed E-state index contributed by atoms with van der Waals surface area (Å²) in [5, 5.41) is 7.18. The molecule has 128 valence electrons. The van der Waals surface area contributed by atoms with Gasteiger partial charge in [0.1, 0.15) is 11.5 Å². The van der Waals surface area contributed by atoms with Crippen molar-refractivity contribution < 1.29 is 13.6 Å². The predicted molar refractivity (Wildman–Crippen MR) is 86.5 cm³/mol. The molecular formula is C16H13F2N5OS. The van der Waals surface area contributed by atoms with Gasteiger partial charge in [-0.05, 0) is 31.4 Å². The van der Waals surface area contributed by atoms with Gasteiger partial charge in [-0.3, -0.25) is 4.79 Å². The highest BCUT2D eigenvalue weighted by atomic mass is 32.1. The molecule has 1 aliphatic carbocycles. The van der Waals surface area contributed by atoms with E-state index in [1.54, 1.807) is 6.20 Å². The minimum absolute atomic E-state index is 0.193. The van der Waals surface area contributed by atoms with Gasteiger partial charge in [0.15, 0.2) is 11.5 Å². The average Bonchev–Trinajstić information content (AvgIpc) is 3.25. The highest BCUT2D eigenvalue weighted by Crippen LogP contribution is 2.31. The second-order valence-electron chi connectivity index (χ2n) is 5.77. The molecule has 3 aromatic rings. The third-order valence-corrected chi connectivity index (χ3v) is 4.70. The van der Waals surface area contributed by atoms with Crippen molar-refractivity contribution in [2.45, 2.75) is 25.3 Å². The molecule has 0 bridgehead atoms. The van der Waals surface area contributed by atoms with Gasteiger partial charge in [-0.1, -0.05) is 0 Å². The van der Waals surface area contributed by atoms with Gasteiger partial charge >= 0.3 is 0 Å². The number of hydrogen-bond acceptors (Lipinski definition) is 5. The minimum atomic E-state index is -0.675. The van der Waals surface area contributed by atoms with E-state index < -0.39 is 11.6 Å². The zero-order chi connectivity index (χ0) is 17.4. The van der Waals surface area contributed by atoms with Crippen LogP contribution in [0, 0.1) is 11.6 Å². The first-order valence-electron chi connectivity index (χ1n) is 7.74. The van der Waals surface area contributed by atoms with Gasteiger partial charge in [-0.25, -0.2) is 13.5 Å². The van der Waals surface area contributed by atoms with Gasteiger partial charge in [0.2, 0.25) is 0 Å². The second-order valence-corrected chi connectivity index (χ2v) is 6.32. The summed E-state index contributed by atoms with van der Waals surface area (Å²) in [6.45, 7) is 0. The number of carbonyl (C=O) groups excluding carboxylic acids is 1. The third-order valence-electron chi connectivity index (χ3n) is 4.22. The van der Waals surface area contributed by atoms with E-state index in [-0.39, 0.29) is 23.3 Å². The van der Waals surface area contributed by atoms with Crippen LogP contribution in [0.4, 0.5) is 8.78 Å². The Kier molecular flexibility index (Phi) is 4.00. The number of benzene rings is 1. The first-order valence-corrected chi connectivity index (χ1v) is 8.47. The van der Waals surface area contributed by atoms with E-state index in [2.05, 4.69) is 19.2 Å². The minimum Gasteiger partial charge on any atom is -0.344 e. The molecule has 1 aliphatic rings. The van der Waals surface area contributed by atoms with Crippen LogP contribution in [0.25, 0.3) is 5.69 Å². The molecule has 1 unspecified atom stereocenters. The Hall–Kier alpha value is -2.68. The molecule has 0 spiro atoms. The summed E-state index contributed by atoms with van der Waals surface area (Å²) in [4.78, 5) is 12.2. The molecule has 1 aromatic carbocycles. The molecule has 0 aliphatic heterocycles. The quantitative estimate of drug-likeness (QED) is 0.779. The topological polar surface area (TPSA) is 72.7 Å². The van der Waals surface area contributed by atoms with E-state index >= 15 is 0 Å². The highest BCUT2D eigenvalue weighted by molar-refractivity contribution is 6.99. The van der Waals surface area contributed by atoms with Gasteiger partial charge in [0.25, 0.3) is 5.91 Å². The lowest BCUT2D eigenvalue weighted by Crippen LogP contribution is -2.31. The number of hydrogen-bond donors (Lipinski definition) is 1. The van der Waals surface area contributed by atoms with Gasteiger partial charge in [0, 0.05) is 17.3 Å². The standard InChI is InChI=1S/C16H13F2N5OS/c17-9-4-5-15(11(18)6-9)23-14-3-1-2-12(10(14)7-19-23)21-16(24)13-8-20-25-22-13/h4-8,12H,1-3H2,(H,21,24). The zero-order valence-electron chi connectivity index (χ0n) is 12.9. The van der Waals surface area contributed by atoms with Crippen LogP contribution in [-0.2, 0) is 6.42 Å². The SMILES string of the molecule is O=C(NC1CCCc2c1cnn2-c1ccc(F)cc1F)c1cnsn1.